The van der Waals surface area contributed by atoms with E-state index < -0.39 is 22.2 Å². The second-order valence-electron chi connectivity index (χ2n) is 8.30. The van der Waals surface area contributed by atoms with Crippen LogP contribution in [0, 0.1) is 0 Å². The fourth-order valence-electron chi connectivity index (χ4n) is 3.54. The van der Waals surface area contributed by atoms with Crippen LogP contribution in [0.2, 0.25) is 0 Å². The van der Waals surface area contributed by atoms with Gasteiger partial charge in [-0.2, -0.15) is 13.2 Å². The molecular weight excluding hydrogens is 523 g/mol. The molecule has 0 atom stereocenters. The zero-order chi connectivity index (χ0) is 27.8. The monoisotopic (exact) mass is 553 g/mol. The Kier molecular flexibility index (Phi) is 10.5. The lowest BCUT2D eigenvalue weighted by Gasteiger charge is -2.31. The molecule has 2 aliphatic rings. The molecule has 0 saturated carbocycles. The molecule has 0 aliphatic carbocycles. The first-order valence-electron chi connectivity index (χ1n) is 11.2. The van der Waals surface area contributed by atoms with Crippen LogP contribution in [-0.2, 0) is 24.3 Å². The summed E-state index contributed by atoms with van der Waals surface area (Å²) in [4.78, 5) is 39.3. The van der Waals surface area contributed by atoms with Gasteiger partial charge in [0, 0.05) is 51.9 Å². The van der Waals surface area contributed by atoms with Gasteiger partial charge in [-0.25, -0.2) is 13.2 Å². The predicted octanol–water partition coefficient (Wildman–Crippen LogP) is 0.0318. The maximum Gasteiger partial charge on any atom is 0.490 e. The van der Waals surface area contributed by atoms with Crippen LogP contribution in [0.1, 0.15) is 10.4 Å². The third kappa shape index (κ3) is 9.70. The van der Waals surface area contributed by atoms with E-state index in [1.807, 2.05) is 0 Å². The quantitative estimate of drug-likeness (QED) is 0.444. The molecule has 2 saturated heterocycles. The lowest BCUT2D eigenvalue weighted by atomic mass is 10.1. The Morgan fingerprint density at radius 1 is 1.14 bits per heavy atom. The largest absolute Gasteiger partial charge is 0.490 e. The number of piperazine rings is 1. The summed E-state index contributed by atoms with van der Waals surface area (Å²) >= 11 is 0. The van der Waals surface area contributed by atoms with Crippen molar-refractivity contribution in [3.63, 3.8) is 0 Å². The highest BCUT2D eigenvalue weighted by molar-refractivity contribution is 7.92. The molecule has 37 heavy (non-hydrogen) atoms. The van der Waals surface area contributed by atoms with Gasteiger partial charge in [-0.1, -0.05) is 0 Å². The number of ether oxygens (including phenoxy) is 1. The first kappa shape index (κ1) is 30.1. The Balaban J connectivity index is 0.000000604. The summed E-state index contributed by atoms with van der Waals surface area (Å²) in [5.74, 6) is -3.24. The summed E-state index contributed by atoms with van der Waals surface area (Å²) in [5, 5.41) is 10.4. The lowest BCUT2D eigenvalue weighted by Crippen LogP contribution is -2.46. The minimum atomic E-state index is -5.08. The number of halogens is 3. The van der Waals surface area contributed by atoms with E-state index in [1.165, 1.54) is 11.0 Å². The van der Waals surface area contributed by atoms with Crippen LogP contribution in [0.5, 0.6) is 0 Å². The summed E-state index contributed by atoms with van der Waals surface area (Å²) in [5.41, 5.74) is 1.40. The minimum absolute atomic E-state index is 0.0484. The van der Waals surface area contributed by atoms with Gasteiger partial charge in [-0.15, -0.1) is 0 Å². The number of carbonyl (C=O) groups excluding carboxylic acids is 2. The smallest absolute Gasteiger partial charge is 0.475 e. The highest BCUT2D eigenvalue weighted by Crippen LogP contribution is 2.29. The number of rotatable bonds is 6. The second kappa shape index (κ2) is 12.9. The highest BCUT2D eigenvalue weighted by Gasteiger charge is 2.38. The number of carboxylic acid groups (broad SMARTS) is 1. The molecule has 12 nitrogen and oxygen atoms in total. The zero-order valence-corrected chi connectivity index (χ0v) is 21.2. The average molecular weight is 554 g/mol. The number of aliphatic carboxylic acids is 1. The SMILES string of the molecule is CN(CC(=O)N1CCOCC1)C(=O)c1ccc(N2CCNCC2)c(NS(C)(=O)=O)c1.O=C(O)C(F)(F)F. The van der Waals surface area contributed by atoms with Gasteiger partial charge in [-0.05, 0) is 18.2 Å². The maximum atomic E-state index is 12.9. The van der Waals surface area contributed by atoms with Crippen molar-refractivity contribution in [3.05, 3.63) is 23.8 Å². The van der Waals surface area contributed by atoms with E-state index in [0.717, 1.165) is 38.1 Å². The number of sulfonamides is 1. The fourth-order valence-corrected chi connectivity index (χ4v) is 4.10. The normalized spacial score (nSPS) is 16.4. The number of carbonyl (C=O) groups is 3. The van der Waals surface area contributed by atoms with Gasteiger partial charge in [0.2, 0.25) is 15.9 Å². The fraction of sp³-hybridized carbons (Fsp3) is 0.571. The van der Waals surface area contributed by atoms with E-state index in [4.69, 9.17) is 14.6 Å². The zero-order valence-electron chi connectivity index (χ0n) is 20.4. The Morgan fingerprint density at radius 2 is 1.70 bits per heavy atom. The molecule has 2 aliphatic heterocycles. The number of morpholine rings is 1. The molecule has 3 N–H and O–H groups in total. The van der Waals surface area contributed by atoms with Crippen LogP contribution in [0.25, 0.3) is 0 Å². The van der Waals surface area contributed by atoms with Gasteiger partial charge in [0.15, 0.2) is 0 Å². The third-order valence-corrected chi connectivity index (χ3v) is 5.91. The molecule has 2 heterocycles. The number of nitrogens with one attached hydrogen (secondary N) is 2. The van der Waals surface area contributed by atoms with Crippen molar-refractivity contribution in [2.75, 3.05) is 82.0 Å². The first-order valence-corrected chi connectivity index (χ1v) is 13.1. The van der Waals surface area contributed by atoms with Crippen molar-refractivity contribution in [2.24, 2.45) is 0 Å². The topological polar surface area (TPSA) is 149 Å². The Bertz CT molecular complexity index is 1070. The van der Waals surface area contributed by atoms with Crippen molar-refractivity contribution in [3.8, 4) is 0 Å². The molecule has 0 radical (unpaired) electrons. The summed E-state index contributed by atoms with van der Waals surface area (Å²) in [6.45, 7) is 5.05. The molecule has 3 rings (SSSR count). The van der Waals surface area contributed by atoms with E-state index in [-0.39, 0.29) is 18.4 Å². The van der Waals surface area contributed by atoms with Crippen LogP contribution < -0.4 is 14.9 Å². The van der Waals surface area contributed by atoms with E-state index in [2.05, 4.69) is 14.9 Å². The number of likely N-dealkylation sites (N-methyl/N-ethyl adjacent to an activating group) is 1. The summed E-state index contributed by atoms with van der Waals surface area (Å²) in [6.07, 6.45) is -4.00. The molecule has 208 valence electrons. The number of hydrogen-bond donors (Lipinski definition) is 3. The van der Waals surface area contributed by atoms with E-state index >= 15 is 0 Å². The van der Waals surface area contributed by atoms with Crippen LogP contribution >= 0.6 is 0 Å². The molecule has 0 unspecified atom stereocenters. The molecule has 1 aromatic carbocycles. The van der Waals surface area contributed by atoms with Crippen molar-refractivity contribution in [2.45, 2.75) is 6.18 Å². The number of anilines is 2. The van der Waals surface area contributed by atoms with Gasteiger partial charge in [0.1, 0.15) is 0 Å². The molecular formula is C21H30F3N5O7S. The van der Waals surface area contributed by atoms with Gasteiger partial charge in [-0.3, -0.25) is 14.3 Å². The number of carboxylic acids is 1. The molecule has 0 bridgehead atoms. The molecule has 0 aromatic heterocycles. The summed E-state index contributed by atoms with van der Waals surface area (Å²) < 4.78 is 63.3. The van der Waals surface area contributed by atoms with Crippen LogP contribution in [0.15, 0.2) is 18.2 Å². The lowest BCUT2D eigenvalue weighted by molar-refractivity contribution is -0.192. The molecule has 16 heteroatoms. The second-order valence-corrected chi connectivity index (χ2v) is 10.0. The van der Waals surface area contributed by atoms with Crippen molar-refractivity contribution >= 4 is 39.2 Å². The predicted molar refractivity (Wildman–Crippen MR) is 128 cm³/mol. The van der Waals surface area contributed by atoms with E-state index in [1.54, 1.807) is 24.1 Å². The van der Waals surface area contributed by atoms with Crippen molar-refractivity contribution < 1.29 is 45.8 Å². The van der Waals surface area contributed by atoms with Crippen molar-refractivity contribution in [1.29, 1.82) is 0 Å². The van der Waals surface area contributed by atoms with E-state index in [9.17, 15) is 31.2 Å². The maximum absolute atomic E-state index is 12.9. The number of hydrogen-bond acceptors (Lipinski definition) is 8. The minimum Gasteiger partial charge on any atom is -0.475 e. The Hall–Kier alpha value is -3.11. The van der Waals surface area contributed by atoms with Crippen molar-refractivity contribution in [1.82, 2.24) is 15.1 Å². The standard InChI is InChI=1S/C19H29N5O5S.C2HF3O2/c1-22(14-18(25)24-9-11-29-12-10-24)19(26)15-3-4-17(23-7-5-20-6-8-23)16(13-15)21-30(2,27)28;3-2(4,5)1(6)7/h3-4,13,20-21H,5-12,14H2,1-2H3;(H,6,7). The van der Waals surface area contributed by atoms with Crippen LogP contribution in [0.4, 0.5) is 24.5 Å². The number of amides is 2. The van der Waals surface area contributed by atoms with Crippen LogP contribution in [-0.4, -0.2) is 120 Å². The average Bonchev–Trinajstić information content (AvgIpc) is 2.83. The van der Waals surface area contributed by atoms with E-state index in [0.29, 0.717) is 37.6 Å². The van der Waals surface area contributed by atoms with Gasteiger partial charge < -0.3 is 29.9 Å². The highest BCUT2D eigenvalue weighted by atomic mass is 32.2. The van der Waals surface area contributed by atoms with Crippen LogP contribution in [0.3, 0.4) is 0 Å². The molecule has 1 aromatic rings. The van der Waals surface area contributed by atoms with Gasteiger partial charge in [0.05, 0.1) is 37.4 Å². The van der Waals surface area contributed by atoms with Gasteiger partial charge in [0.25, 0.3) is 5.91 Å². The summed E-state index contributed by atoms with van der Waals surface area (Å²) in [6, 6.07) is 4.96. The number of benzene rings is 1. The first-order chi connectivity index (χ1) is 17.2. The third-order valence-electron chi connectivity index (χ3n) is 5.32. The molecule has 2 amide bonds. The Labute approximate surface area is 212 Å². The van der Waals surface area contributed by atoms with Gasteiger partial charge >= 0.3 is 12.1 Å². The molecule has 2 fully saturated rings. The molecule has 0 spiro atoms. The number of nitrogens with zero attached hydrogens (tertiary/aromatic N) is 3. The number of alkyl halides is 3. The summed E-state index contributed by atoms with van der Waals surface area (Å²) in [7, 11) is -1.96. The Morgan fingerprint density at radius 3 is 2.22 bits per heavy atom.